The minimum absolute atomic E-state index is 0.135. The zero-order valence-electron chi connectivity index (χ0n) is 21.2. The van der Waals surface area contributed by atoms with Gasteiger partial charge in [0.1, 0.15) is 42.4 Å². The highest BCUT2D eigenvalue weighted by molar-refractivity contribution is 8.55. The summed E-state index contributed by atoms with van der Waals surface area (Å²) in [5, 5.41) is 75.0. The maximum atomic E-state index is 12.8. The molecular weight excluding hydrogens is 599 g/mol. The molecule has 1 aromatic heterocycles. The SMILES string of the molecule is CC(=O)N[C@H]1C([C@H](O)[C@H](O)CO)O[C@](SP(=O)([O-])OC[C@H]2O[C@@H](n3ccc(N)nc3=O)C(O)[C@H]2O)(C(=O)[O-])C[C@@H]1O. The Kier molecular flexibility index (Phi) is 10.5. The number of rotatable bonds is 11. The van der Waals surface area contributed by atoms with Crippen molar-refractivity contribution in [3.05, 3.63) is 22.7 Å². The lowest BCUT2D eigenvalue weighted by Crippen LogP contribution is -2.67. The fourth-order valence-electron chi connectivity index (χ4n) is 4.30. The van der Waals surface area contributed by atoms with E-state index in [0.29, 0.717) is 0 Å². The van der Waals surface area contributed by atoms with Gasteiger partial charge in [-0.3, -0.25) is 13.9 Å². The van der Waals surface area contributed by atoms with Crippen molar-refractivity contribution in [2.24, 2.45) is 0 Å². The number of nitrogens with two attached hydrogens (primary N) is 1. The summed E-state index contributed by atoms with van der Waals surface area (Å²) in [4.78, 5) is 49.1. The van der Waals surface area contributed by atoms with Crippen molar-refractivity contribution in [3.8, 4) is 0 Å². The van der Waals surface area contributed by atoms with Crippen LogP contribution in [0.2, 0.25) is 0 Å². The molecule has 0 spiro atoms. The number of aliphatic hydroxyl groups excluding tert-OH is 6. The molecule has 2 aliphatic rings. The van der Waals surface area contributed by atoms with Crippen LogP contribution in [-0.4, -0.2) is 119 Å². The van der Waals surface area contributed by atoms with Crippen molar-refractivity contribution in [2.45, 2.75) is 73.3 Å². The van der Waals surface area contributed by atoms with E-state index < -0.39 is 115 Å². The molecule has 3 unspecified atom stereocenters. The van der Waals surface area contributed by atoms with Gasteiger partial charge in [-0.1, -0.05) is 0 Å². The second kappa shape index (κ2) is 13.0. The van der Waals surface area contributed by atoms with E-state index >= 15 is 0 Å². The number of carboxylic acids is 1. The van der Waals surface area contributed by atoms with Crippen molar-refractivity contribution >= 4 is 35.9 Å². The van der Waals surface area contributed by atoms with Gasteiger partial charge in [-0.2, -0.15) is 4.98 Å². The van der Waals surface area contributed by atoms with Gasteiger partial charge in [0.25, 0.3) is 0 Å². The Morgan fingerprint density at radius 3 is 2.59 bits per heavy atom. The normalized spacial score (nSPS) is 34.9. The molecule has 21 heteroatoms. The van der Waals surface area contributed by atoms with Crippen molar-refractivity contribution in [1.82, 2.24) is 14.9 Å². The van der Waals surface area contributed by atoms with E-state index in [-0.39, 0.29) is 5.82 Å². The third kappa shape index (κ3) is 7.42. The predicted octanol–water partition coefficient (Wildman–Crippen LogP) is -6.52. The van der Waals surface area contributed by atoms with Gasteiger partial charge in [0.2, 0.25) is 5.91 Å². The number of nitrogen functional groups attached to an aromatic ring is 1. The van der Waals surface area contributed by atoms with Gasteiger partial charge in [-0.15, -0.1) is 0 Å². The van der Waals surface area contributed by atoms with Gasteiger partial charge in [0, 0.05) is 19.5 Å². The molecule has 0 saturated carbocycles. The average Bonchev–Trinajstić information content (AvgIpc) is 3.16. The van der Waals surface area contributed by atoms with Crippen LogP contribution in [0, 0.1) is 0 Å². The zero-order chi connectivity index (χ0) is 30.9. The van der Waals surface area contributed by atoms with E-state index in [4.69, 9.17) is 19.7 Å². The van der Waals surface area contributed by atoms with Crippen LogP contribution >= 0.6 is 18.2 Å². The number of nitrogens with zero attached hydrogens (tertiary/aromatic N) is 2. The minimum Gasteiger partial charge on any atom is -0.770 e. The number of carbonyl (C=O) groups is 2. The van der Waals surface area contributed by atoms with E-state index in [1.165, 1.54) is 6.07 Å². The highest BCUT2D eigenvalue weighted by atomic mass is 32.7. The number of carbonyl (C=O) groups excluding carboxylic acids is 2. The van der Waals surface area contributed by atoms with Gasteiger partial charge in [-0.25, -0.2) is 4.79 Å². The summed E-state index contributed by atoms with van der Waals surface area (Å²) in [5.41, 5.74) is 4.46. The summed E-state index contributed by atoms with van der Waals surface area (Å²) in [6.45, 7) is -6.41. The largest absolute Gasteiger partial charge is 0.770 e. The first-order valence-electron chi connectivity index (χ1n) is 11.9. The van der Waals surface area contributed by atoms with Crippen LogP contribution in [0.25, 0.3) is 0 Å². The van der Waals surface area contributed by atoms with Crippen LogP contribution in [-0.2, 0) is 28.2 Å². The molecule has 9 N–H and O–H groups in total. The standard InChI is InChI=1S/C20H31N4O15PS/c1-7(26)22-12-8(27)4-20(18(32)33,39-16(12)13(29)9(28)5-25)41-40(35,36)37-6-10-14(30)15(31)17(38-10)24-3-2-11(21)23-19(24)34/h2-3,8-10,12-17,25,27-31H,4-6H2,1H3,(H,22,26)(H,32,33)(H,35,36)(H2,21,23,34)/p-2/t8-,9+,10+,12+,13+,14-,15?,16?,17+,20+/m0/s1. The summed E-state index contributed by atoms with van der Waals surface area (Å²) >= 11 is -0.483. The first kappa shape index (κ1) is 33.3. The van der Waals surface area contributed by atoms with Crippen molar-refractivity contribution in [3.63, 3.8) is 0 Å². The zero-order valence-corrected chi connectivity index (χ0v) is 22.9. The molecule has 41 heavy (non-hydrogen) atoms. The Bertz CT molecular complexity index is 1220. The number of aliphatic hydroxyl groups is 6. The molecule has 232 valence electrons. The third-order valence-corrected chi connectivity index (χ3v) is 9.58. The molecule has 3 heterocycles. The number of anilines is 1. The average molecular weight is 629 g/mol. The first-order valence-corrected chi connectivity index (χ1v) is 14.8. The van der Waals surface area contributed by atoms with Crippen LogP contribution in [0.15, 0.2) is 17.1 Å². The van der Waals surface area contributed by atoms with Crippen LogP contribution in [0.1, 0.15) is 19.6 Å². The molecule has 0 radical (unpaired) electrons. The molecule has 0 bridgehead atoms. The topological polar surface area (TPSA) is 319 Å². The number of nitrogens with one attached hydrogen (secondary N) is 1. The highest BCUT2D eigenvalue weighted by Crippen LogP contribution is 2.61. The fourth-order valence-corrected chi connectivity index (χ4v) is 7.52. The maximum Gasteiger partial charge on any atom is 0.351 e. The molecule has 1 amide bonds. The second-order valence-corrected chi connectivity index (χ2v) is 13.2. The smallest absolute Gasteiger partial charge is 0.351 e. The van der Waals surface area contributed by atoms with Crippen LogP contribution in [0.4, 0.5) is 5.82 Å². The summed E-state index contributed by atoms with van der Waals surface area (Å²) < 4.78 is 29.1. The van der Waals surface area contributed by atoms with Crippen molar-refractivity contribution in [2.75, 3.05) is 18.9 Å². The number of hydrogen-bond acceptors (Lipinski definition) is 18. The van der Waals surface area contributed by atoms with E-state index in [1.54, 1.807) is 0 Å². The van der Waals surface area contributed by atoms with E-state index in [2.05, 4.69) is 10.3 Å². The molecule has 2 fully saturated rings. The van der Waals surface area contributed by atoms with Crippen molar-refractivity contribution < 1.29 is 68.8 Å². The summed E-state index contributed by atoms with van der Waals surface area (Å²) in [6, 6.07) is -0.343. The predicted molar refractivity (Wildman–Crippen MR) is 130 cm³/mol. The summed E-state index contributed by atoms with van der Waals surface area (Å²) in [5.74, 6) is -3.09. The Morgan fingerprint density at radius 2 is 2.02 bits per heavy atom. The molecule has 19 nitrogen and oxygen atoms in total. The number of ether oxygens (including phenoxy) is 2. The van der Waals surface area contributed by atoms with Crippen LogP contribution in [0.5, 0.6) is 0 Å². The highest BCUT2D eigenvalue weighted by Gasteiger charge is 2.54. The number of aromatic nitrogens is 2. The molecule has 0 aromatic carbocycles. The third-order valence-electron chi connectivity index (χ3n) is 6.29. The molecule has 1 aromatic rings. The monoisotopic (exact) mass is 628 g/mol. The molecule has 2 saturated heterocycles. The molecule has 2 aliphatic heterocycles. The van der Waals surface area contributed by atoms with Gasteiger partial charge in [0.15, 0.2) is 18.0 Å². The van der Waals surface area contributed by atoms with Crippen LogP contribution < -0.4 is 26.7 Å². The van der Waals surface area contributed by atoms with Crippen LogP contribution in [0.3, 0.4) is 0 Å². The first-order chi connectivity index (χ1) is 19.0. The molecule has 11 atom stereocenters. The lowest BCUT2D eigenvalue weighted by atomic mass is 9.90. The Labute approximate surface area is 234 Å². The maximum absolute atomic E-state index is 12.8. The van der Waals surface area contributed by atoms with Gasteiger partial charge in [-0.05, 0) is 17.4 Å². The molecular formula is C20H29N4O15PS-2. The Morgan fingerprint density at radius 1 is 1.37 bits per heavy atom. The number of aliphatic carboxylic acids is 1. The lowest BCUT2D eigenvalue weighted by Gasteiger charge is -2.50. The number of carboxylic acid groups (broad SMARTS) is 1. The Balaban J connectivity index is 1.79. The summed E-state index contributed by atoms with van der Waals surface area (Å²) in [7, 11) is 0. The van der Waals surface area contributed by atoms with E-state index in [0.717, 1.165) is 17.7 Å². The fraction of sp³-hybridized carbons (Fsp3) is 0.700. The van der Waals surface area contributed by atoms with E-state index in [1.807, 2.05) is 0 Å². The molecule has 3 rings (SSSR count). The summed E-state index contributed by atoms with van der Waals surface area (Å²) in [6.07, 6.45) is -14.4. The second-order valence-electron chi connectivity index (χ2n) is 9.28. The van der Waals surface area contributed by atoms with Gasteiger partial charge < -0.3 is 70.5 Å². The number of amides is 1. The number of hydrogen-bond donors (Lipinski definition) is 8. The van der Waals surface area contributed by atoms with Gasteiger partial charge in [0.05, 0.1) is 31.3 Å². The lowest BCUT2D eigenvalue weighted by molar-refractivity contribution is -0.329. The van der Waals surface area contributed by atoms with Gasteiger partial charge >= 0.3 is 5.69 Å². The minimum atomic E-state index is -5.39. The Hall–Kier alpha value is -2.20. The van der Waals surface area contributed by atoms with E-state index in [9.17, 15) is 59.6 Å². The molecule has 0 aliphatic carbocycles. The van der Waals surface area contributed by atoms with Crippen molar-refractivity contribution in [1.29, 1.82) is 0 Å². The quantitative estimate of drug-likeness (QED) is 0.106.